The monoisotopic (exact) mass is 389 g/mol. The fourth-order valence-corrected chi connectivity index (χ4v) is 3.64. The van der Waals surface area contributed by atoms with Gasteiger partial charge in [0.25, 0.3) is 0 Å². The first-order valence-corrected chi connectivity index (χ1v) is 10.2. The molecule has 5 heteroatoms. The molecule has 5 nitrogen and oxygen atoms in total. The molecule has 1 fully saturated rings. The molecule has 0 radical (unpaired) electrons. The molecule has 2 heterocycles. The molecule has 0 aliphatic carbocycles. The molecule has 1 saturated heterocycles. The van der Waals surface area contributed by atoms with Crippen LogP contribution in [0.15, 0.2) is 59.0 Å². The number of aromatic nitrogens is 1. The van der Waals surface area contributed by atoms with Crippen LogP contribution in [0.1, 0.15) is 22.6 Å². The summed E-state index contributed by atoms with van der Waals surface area (Å²) in [5.41, 5.74) is 4.26. The van der Waals surface area contributed by atoms with Crippen LogP contribution in [0.2, 0.25) is 0 Å². The number of oxazole rings is 1. The Balaban J connectivity index is 1.31. The second-order valence-corrected chi connectivity index (χ2v) is 7.71. The topological polar surface area (TPSA) is 49.6 Å². The summed E-state index contributed by atoms with van der Waals surface area (Å²) in [5, 5.41) is 0. The van der Waals surface area contributed by atoms with Crippen molar-refractivity contribution in [2.75, 3.05) is 26.2 Å². The van der Waals surface area contributed by atoms with Crippen molar-refractivity contribution in [3.8, 4) is 11.5 Å². The van der Waals surface area contributed by atoms with E-state index in [-0.39, 0.29) is 5.91 Å². The maximum atomic E-state index is 12.6. The number of hydrogen-bond acceptors (Lipinski definition) is 4. The Kier molecular flexibility index (Phi) is 5.76. The molecule has 150 valence electrons. The summed E-state index contributed by atoms with van der Waals surface area (Å²) < 4.78 is 5.87. The van der Waals surface area contributed by atoms with Crippen LogP contribution in [0.4, 0.5) is 0 Å². The van der Waals surface area contributed by atoms with Gasteiger partial charge in [-0.1, -0.05) is 48.0 Å². The molecule has 1 aliphatic heterocycles. The van der Waals surface area contributed by atoms with E-state index in [1.165, 1.54) is 5.56 Å². The van der Waals surface area contributed by atoms with Crippen molar-refractivity contribution in [2.45, 2.75) is 26.8 Å². The number of carbonyl (C=O) groups excluding carboxylic acids is 1. The van der Waals surface area contributed by atoms with Crippen molar-refractivity contribution in [1.29, 1.82) is 0 Å². The lowest BCUT2D eigenvalue weighted by Gasteiger charge is -2.34. The zero-order valence-corrected chi connectivity index (χ0v) is 17.1. The molecule has 29 heavy (non-hydrogen) atoms. The van der Waals surface area contributed by atoms with Gasteiger partial charge in [-0.15, -0.1) is 0 Å². The summed E-state index contributed by atoms with van der Waals surface area (Å²) in [6.45, 7) is 8.00. The van der Waals surface area contributed by atoms with E-state index in [0.717, 1.165) is 55.3 Å². The Morgan fingerprint density at radius 1 is 0.966 bits per heavy atom. The molecule has 3 aromatic rings. The first-order chi connectivity index (χ1) is 14.1. The number of hydrogen-bond donors (Lipinski definition) is 0. The SMILES string of the molecule is Cc1ccc(CC(=O)N2CCN(Cc3nc(-c4ccccc4)oc3C)CC2)cc1. The van der Waals surface area contributed by atoms with Gasteiger partial charge in [-0.05, 0) is 31.5 Å². The highest BCUT2D eigenvalue weighted by Crippen LogP contribution is 2.22. The molecule has 1 aromatic heterocycles. The maximum Gasteiger partial charge on any atom is 0.227 e. The van der Waals surface area contributed by atoms with E-state index in [0.29, 0.717) is 12.3 Å². The van der Waals surface area contributed by atoms with Crippen LogP contribution < -0.4 is 0 Å². The summed E-state index contributed by atoms with van der Waals surface area (Å²) in [6.07, 6.45) is 0.475. The largest absolute Gasteiger partial charge is 0.441 e. The fraction of sp³-hybridized carbons (Fsp3) is 0.333. The van der Waals surface area contributed by atoms with Gasteiger partial charge in [0.15, 0.2) is 0 Å². The molecular weight excluding hydrogens is 362 g/mol. The van der Waals surface area contributed by atoms with Gasteiger partial charge in [0.2, 0.25) is 11.8 Å². The normalized spacial score (nSPS) is 14.9. The van der Waals surface area contributed by atoms with Crippen LogP contribution >= 0.6 is 0 Å². The lowest BCUT2D eigenvalue weighted by atomic mass is 10.1. The number of aryl methyl sites for hydroxylation is 2. The number of piperazine rings is 1. The van der Waals surface area contributed by atoms with Crippen molar-refractivity contribution in [3.05, 3.63) is 77.2 Å². The van der Waals surface area contributed by atoms with Gasteiger partial charge < -0.3 is 9.32 Å². The van der Waals surface area contributed by atoms with E-state index in [1.54, 1.807) is 0 Å². The second-order valence-electron chi connectivity index (χ2n) is 7.71. The Hall–Kier alpha value is -2.92. The summed E-state index contributed by atoms with van der Waals surface area (Å²) >= 11 is 0. The highest BCUT2D eigenvalue weighted by atomic mass is 16.4. The van der Waals surface area contributed by atoms with E-state index >= 15 is 0 Å². The van der Waals surface area contributed by atoms with Crippen molar-refractivity contribution in [2.24, 2.45) is 0 Å². The Morgan fingerprint density at radius 2 is 1.66 bits per heavy atom. The molecule has 4 rings (SSSR count). The van der Waals surface area contributed by atoms with Crippen LogP contribution in [-0.2, 0) is 17.8 Å². The van der Waals surface area contributed by atoms with Gasteiger partial charge in [-0.2, -0.15) is 0 Å². The second kappa shape index (κ2) is 8.62. The maximum absolute atomic E-state index is 12.6. The summed E-state index contributed by atoms with van der Waals surface area (Å²) in [7, 11) is 0. The number of carbonyl (C=O) groups is 1. The summed E-state index contributed by atoms with van der Waals surface area (Å²) in [5.74, 6) is 1.74. The first-order valence-electron chi connectivity index (χ1n) is 10.2. The third kappa shape index (κ3) is 4.74. The molecule has 0 unspecified atom stereocenters. The molecule has 0 saturated carbocycles. The van der Waals surface area contributed by atoms with E-state index in [4.69, 9.17) is 9.40 Å². The van der Waals surface area contributed by atoms with Gasteiger partial charge in [0, 0.05) is 38.3 Å². The molecule has 0 N–H and O–H groups in total. The first kappa shape index (κ1) is 19.4. The Morgan fingerprint density at radius 3 is 2.34 bits per heavy atom. The molecule has 1 aliphatic rings. The highest BCUT2D eigenvalue weighted by Gasteiger charge is 2.23. The van der Waals surface area contributed by atoms with Crippen LogP contribution in [0.5, 0.6) is 0 Å². The standard InChI is InChI=1S/C24H27N3O2/c1-18-8-10-20(11-9-18)16-23(28)27-14-12-26(13-15-27)17-22-19(2)29-24(25-22)21-6-4-3-5-7-21/h3-11H,12-17H2,1-2H3. The smallest absolute Gasteiger partial charge is 0.227 e. The highest BCUT2D eigenvalue weighted by molar-refractivity contribution is 5.78. The third-order valence-electron chi connectivity index (χ3n) is 5.49. The average Bonchev–Trinajstić information content (AvgIpc) is 3.11. The third-order valence-corrected chi connectivity index (χ3v) is 5.49. The quantitative estimate of drug-likeness (QED) is 0.665. The zero-order chi connectivity index (χ0) is 20.2. The average molecular weight is 389 g/mol. The number of benzene rings is 2. The zero-order valence-electron chi connectivity index (χ0n) is 17.1. The number of rotatable bonds is 5. The molecule has 0 atom stereocenters. The lowest BCUT2D eigenvalue weighted by Crippen LogP contribution is -2.48. The Labute approximate surface area is 172 Å². The molecular formula is C24H27N3O2. The number of amides is 1. The predicted octanol–water partition coefficient (Wildman–Crippen LogP) is 3.85. The van der Waals surface area contributed by atoms with E-state index in [2.05, 4.69) is 24.0 Å². The fourth-order valence-electron chi connectivity index (χ4n) is 3.64. The van der Waals surface area contributed by atoms with Crippen LogP contribution in [0.25, 0.3) is 11.5 Å². The van der Waals surface area contributed by atoms with Gasteiger partial charge in [-0.3, -0.25) is 9.69 Å². The molecule has 2 aromatic carbocycles. The minimum atomic E-state index is 0.206. The van der Waals surface area contributed by atoms with Gasteiger partial charge in [0.05, 0.1) is 12.1 Å². The van der Waals surface area contributed by atoms with E-state index in [1.807, 2.05) is 54.3 Å². The summed E-state index contributed by atoms with van der Waals surface area (Å²) in [4.78, 5) is 21.6. The van der Waals surface area contributed by atoms with Crippen molar-refractivity contribution >= 4 is 5.91 Å². The van der Waals surface area contributed by atoms with Crippen molar-refractivity contribution in [1.82, 2.24) is 14.8 Å². The van der Waals surface area contributed by atoms with Crippen LogP contribution in [0, 0.1) is 13.8 Å². The van der Waals surface area contributed by atoms with Gasteiger partial charge in [-0.25, -0.2) is 4.98 Å². The van der Waals surface area contributed by atoms with Crippen LogP contribution in [0.3, 0.4) is 0 Å². The van der Waals surface area contributed by atoms with Crippen molar-refractivity contribution < 1.29 is 9.21 Å². The van der Waals surface area contributed by atoms with Gasteiger partial charge in [0.1, 0.15) is 5.76 Å². The molecule has 0 spiro atoms. The summed E-state index contributed by atoms with van der Waals surface area (Å²) in [6, 6.07) is 18.2. The molecule has 0 bridgehead atoms. The number of nitrogens with zero attached hydrogens (tertiary/aromatic N) is 3. The molecule has 1 amide bonds. The van der Waals surface area contributed by atoms with E-state index in [9.17, 15) is 4.79 Å². The lowest BCUT2D eigenvalue weighted by molar-refractivity contribution is -0.132. The van der Waals surface area contributed by atoms with Gasteiger partial charge >= 0.3 is 0 Å². The minimum Gasteiger partial charge on any atom is -0.441 e. The van der Waals surface area contributed by atoms with Crippen LogP contribution in [-0.4, -0.2) is 46.9 Å². The Bertz CT molecular complexity index is 956. The van der Waals surface area contributed by atoms with E-state index < -0.39 is 0 Å². The minimum absolute atomic E-state index is 0.206. The van der Waals surface area contributed by atoms with Crippen molar-refractivity contribution in [3.63, 3.8) is 0 Å². The predicted molar refractivity (Wildman–Crippen MR) is 113 cm³/mol.